The molecule has 1 aromatic carbocycles. The minimum Gasteiger partial charge on any atom is -0.493 e. The number of sulfone groups is 1. The highest BCUT2D eigenvalue weighted by Gasteiger charge is 2.27. The van der Waals surface area contributed by atoms with E-state index in [-0.39, 0.29) is 23.2 Å². The summed E-state index contributed by atoms with van der Waals surface area (Å²) in [5, 5.41) is 8.43. The van der Waals surface area contributed by atoms with Gasteiger partial charge < -0.3 is 14.6 Å². The molecule has 0 unspecified atom stereocenters. The smallest absolute Gasteiger partial charge is 0.335 e. The van der Waals surface area contributed by atoms with Crippen molar-refractivity contribution in [3.63, 3.8) is 0 Å². The highest BCUT2D eigenvalue weighted by Crippen LogP contribution is 2.17. The number of carboxylic acid groups (broad SMARTS) is 1. The van der Waals surface area contributed by atoms with Gasteiger partial charge in [0.25, 0.3) is 0 Å². The van der Waals surface area contributed by atoms with E-state index in [1.807, 2.05) is 0 Å². The SMILES string of the molecule is O=C(O)c1ccc(OCCS(=O)(=O)C2CCOCC2)cc1. The van der Waals surface area contributed by atoms with Gasteiger partial charge >= 0.3 is 5.97 Å². The van der Waals surface area contributed by atoms with Crippen molar-refractivity contribution in [2.45, 2.75) is 18.1 Å². The van der Waals surface area contributed by atoms with Gasteiger partial charge in [-0.25, -0.2) is 13.2 Å². The molecule has 1 aliphatic rings. The quantitative estimate of drug-likeness (QED) is 0.852. The maximum absolute atomic E-state index is 12.1. The zero-order valence-corrected chi connectivity index (χ0v) is 12.3. The molecule has 0 amide bonds. The lowest BCUT2D eigenvalue weighted by Gasteiger charge is -2.22. The Morgan fingerprint density at radius 3 is 2.43 bits per heavy atom. The summed E-state index contributed by atoms with van der Waals surface area (Å²) in [4.78, 5) is 10.7. The Balaban J connectivity index is 1.84. The van der Waals surface area contributed by atoms with Crippen molar-refractivity contribution in [2.75, 3.05) is 25.6 Å². The van der Waals surface area contributed by atoms with Crippen LogP contribution in [0.15, 0.2) is 24.3 Å². The molecule has 0 saturated carbocycles. The van der Waals surface area contributed by atoms with Crippen LogP contribution >= 0.6 is 0 Å². The van der Waals surface area contributed by atoms with Crippen LogP contribution in [-0.4, -0.2) is 50.3 Å². The molecule has 2 rings (SSSR count). The number of ether oxygens (including phenoxy) is 2. The zero-order valence-electron chi connectivity index (χ0n) is 11.5. The second-order valence-corrected chi connectivity index (χ2v) is 7.26. The minimum atomic E-state index is -3.17. The normalized spacial score (nSPS) is 16.6. The van der Waals surface area contributed by atoms with Crippen LogP contribution in [0.1, 0.15) is 23.2 Å². The van der Waals surface area contributed by atoms with Crippen molar-refractivity contribution < 1.29 is 27.8 Å². The van der Waals surface area contributed by atoms with E-state index in [0.717, 1.165) is 0 Å². The van der Waals surface area contributed by atoms with Gasteiger partial charge in [0.15, 0.2) is 9.84 Å². The second kappa shape index (κ2) is 6.91. The Kier molecular flexibility index (Phi) is 5.19. The van der Waals surface area contributed by atoms with Crippen molar-refractivity contribution in [1.82, 2.24) is 0 Å². The first-order valence-corrected chi connectivity index (χ1v) is 8.46. The van der Waals surface area contributed by atoms with E-state index in [0.29, 0.717) is 31.8 Å². The fourth-order valence-corrected chi connectivity index (χ4v) is 3.73. The van der Waals surface area contributed by atoms with Crippen LogP contribution in [0.2, 0.25) is 0 Å². The lowest BCUT2D eigenvalue weighted by atomic mass is 10.2. The summed E-state index contributed by atoms with van der Waals surface area (Å²) in [6.07, 6.45) is 1.07. The maximum Gasteiger partial charge on any atom is 0.335 e. The topological polar surface area (TPSA) is 89.9 Å². The molecule has 1 aromatic rings. The molecule has 7 heteroatoms. The Morgan fingerprint density at radius 1 is 1.24 bits per heavy atom. The highest BCUT2D eigenvalue weighted by atomic mass is 32.2. The Bertz CT molecular complexity index is 572. The molecule has 0 radical (unpaired) electrons. The molecule has 21 heavy (non-hydrogen) atoms. The molecule has 1 aliphatic heterocycles. The summed E-state index contributed by atoms with van der Waals surface area (Å²) in [6, 6.07) is 5.88. The van der Waals surface area contributed by atoms with E-state index in [1.54, 1.807) is 0 Å². The van der Waals surface area contributed by atoms with Gasteiger partial charge in [0.1, 0.15) is 12.4 Å². The van der Waals surface area contributed by atoms with Crippen LogP contribution in [0.4, 0.5) is 0 Å². The number of aromatic carboxylic acids is 1. The molecule has 0 spiro atoms. The van der Waals surface area contributed by atoms with Gasteiger partial charge in [0.2, 0.25) is 0 Å². The van der Waals surface area contributed by atoms with Crippen LogP contribution in [-0.2, 0) is 14.6 Å². The molecule has 6 nitrogen and oxygen atoms in total. The predicted molar refractivity (Wildman–Crippen MR) is 76.5 cm³/mol. The molecule has 116 valence electrons. The van der Waals surface area contributed by atoms with Gasteiger partial charge in [-0.05, 0) is 37.1 Å². The van der Waals surface area contributed by atoms with Gasteiger partial charge in [-0.3, -0.25) is 0 Å². The number of carbonyl (C=O) groups is 1. The molecule has 0 atom stereocenters. The standard InChI is InChI=1S/C14H18O6S/c15-14(16)11-1-3-12(4-2-11)20-9-10-21(17,18)13-5-7-19-8-6-13/h1-4,13H,5-10H2,(H,15,16). The summed E-state index contributed by atoms with van der Waals surface area (Å²) in [7, 11) is -3.17. The predicted octanol–water partition coefficient (Wildman–Crippen LogP) is 1.36. The van der Waals surface area contributed by atoms with Gasteiger partial charge in [-0.1, -0.05) is 0 Å². The van der Waals surface area contributed by atoms with E-state index >= 15 is 0 Å². The molecular weight excluding hydrogens is 296 g/mol. The summed E-state index contributed by atoms with van der Waals surface area (Å²) < 4.78 is 34.7. The zero-order chi connectivity index (χ0) is 15.3. The molecule has 0 bridgehead atoms. The Morgan fingerprint density at radius 2 is 1.86 bits per heavy atom. The molecule has 1 fully saturated rings. The minimum absolute atomic E-state index is 0.0433. The molecule has 1 saturated heterocycles. The van der Waals surface area contributed by atoms with Crippen molar-refractivity contribution in [3.8, 4) is 5.75 Å². The number of carboxylic acids is 1. The lowest BCUT2D eigenvalue weighted by molar-refractivity contribution is 0.0697. The summed E-state index contributed by atoms with van der Waals surface area (Å²) in [5.74, 6) is -0.593. The van der Waals surface area contributed by atoms with Gasteiger partial charge in [0, 0.05) is 13.2 Å². The summed E-state index contributed by atoms with van der Waals surface area (Å²) in [6.45, 7) is 1.04. The molecule has 1 N–H and O–H groups in total. The van der Waals surface area contributed by atoms with Crippen molar-refractivity contribution in [3.05, 3.63) is 29.8 Å². The molecule has 0 aromatic heterocycles. The third-order valence-corrected chi connectivity index (χ3v) is 5.64. The van der Waals surface area contributed by atoms with E-state index in [1.165, 1.54) is 24.3 Å². The second-order valence-electron chi connectivity index (χ2n) is 4.86. The van der Waals surface area contributed by atoms with Gasteiger partial charge in [0.05, 0.1) is 16.6 Å². The Hall–Kier alpha value is -1.60. The van der Waals surface area contributed by atoms with Crippen molar-refractivity contribution in [2.24, 2.45) is 0 Å². The number of hydrogen-bond donors (Lipinski definition) is 1. The van der Waals surface area contributed by atoms with Gasteiger partial charge in [-0.2, -0.15) is 0 Å². The largest absolute Gasteiger partial charge is 0.493 e. The van der Waals surface area contributed by atoms with E-state index < -0.39 is 15.8 Å². The first kappa shape index (κ1) is 15.8. The number of hydrogen-bond acceptors (Lipinski definition) is 5. The first-order valence-electron chi connectivity index (χ1n) is 6.74. The third-order valence-electron chi connectivity index (χ3n) is 3.41. The highest BCUT2D eigenvalue weighted by molar-refractivity contribution is 7.92. The fourth-order valence-electron chi connectivity index (χ4n) is 2.17. The van der Waals surface area contributed by atoms with E-state index in [9.17, 15) is 13.2 Å². The van der Waals surface area contributed by atoms with Crippen LogP contribution < -0.4 is 4.74 Å². The fraction of sp³-hybridized carbons (Fsp3) is 0.500. The summed E-state index contributed by atoms with van der Waals surface area (Å²) in [5.41, 5.74) is 0.164. The molecule has 0 aliphatic carbocycles. The monoisotopic (exact) mass is 314 g/mol. The number of benzene rings is 1. The van der Waals surface area contributed by atoms with Crippen molar-refractivity contribution >= 4 is 15.8 Å². The van der Waals surface area contributed by atoms with Crippen LogP contribution in [0.25, 0.3) is 0 Å². The first-order chi connectivity index (χ1) is 9.99. The van der Waals surface area contributed by atoms with E-state index in [4.69, 9.17) is 14.6 Å². The van der Waals surface area contributed by atoms with Crippen LogP contribution in [0, 0.1) is 0 Å². The van der Waals surface area contributed by atoms with Gasteiger partial charge in [-0.15, -0.1) is 0 Å². The van der Waals surface area contributed by atoms with Crippen LogP contribution in [0.5, 0.6) is 5.75 Å². The van der Waals surface area contributed by atoms with E-state index in [2.05, 4.69) is 0 Å². The lowest BCUT2D eigenvalue weighted by Crippen LogP contribution is -2.32. The molecular formula is C14H18O6S. The average Bonchev–Trinajstić information content (AvgIpc) is 2.48. The van der Waals surface area contributed by atoms with Crippen LogP contribution in [0.3, 0.4) is 0 Å². The Labute approximate surface area is 123 Å². The number of rotatable bonds is 6. The maximum atomic E-state index is 12.1. The third kappa shape index (κ3) is 4.44. The summed E-state index contributed by atoms with van der Waals surface area (Å²) >= 11 is 0. The average molecular weight is 314 g/mol. The molecule has 1 heterocycles. The van der Waals surface area contributed by atoms with Crippen molar-refractivity contribution in [1.29, 1.82) is 0 Å².